The van der Waals surface area contributed by atoms with E-state index in [1.165, 1.54) is 10.9 Å². The highest BCUT2D eigenvalue weighted by molar-refractivity contribution is 8.02. The predicted octanol–water partition coefficient (Wildman–Crippen LogP) is 1.54. The summed E-state index contributed by atoms with van der Waals surface area (Å²) in [4.78, 5) is 0. The lowest BCUT2D eigenvalue weighted by atomic mass is 10.6. The van der Waals surface area contributed by atoms with Gasteiger partial charge in [0.25, 0.3) is 0 Å². The minimum atomic E-state index is 0.721. The summed E-state index contributed by atoms with van der Waals surface area (Å²) in [5.74, 6) is 0. The maximum absolute atomic E-state index is 3.99. The second kappa shape index (κ2) is 2.87. The van der Waals surface area contributed by atoms with Crippen molar-refractivity contribution in [3.05, 3.63) is 0 Å². The van der Waals surface area contributed by atoms with Crippen LogP contribution in [0.5, 0.6) is 0 Å². The Hall–Kier alpha value is 0.650. The summed E-state index contributed by atoms with van der Waals surface area (Å²) in [6.45, 7) is 4.27. The fourth-order valence-electron chi connectivity index (χ4n) is 0. The second-order valence-corrected chi connectivity index (χ2v) is 3.17. The fourth-order valence-corrected chi connectivity index (χ4v) is 0. The molecule has 0 unspecified atom stereocenters. The molecule has 1 radical (unpaired) electrons. The smallest absolute Gasteiger partial charge is 0.00438 e. The van der Waals surface area contributed by atoms with E-state index in [0.29, 0.717) is 0 Å². The van der Waals surface area contributed by atoms with E-state index in [9.17, 15) is 0 Å². The van der Waals surface area contributed by atoms with Gasteiger partial charge in [0.1, 0.15) is 0 Å². The van der Waals surface area contributed by atoms with E-state index in [2.05, 4.69) is 21.9 Å². The van der Waals surface area contributed by atoms with Crippen molar-refractivity contribution >= 4 is 19.0 Å². The van der Waals surface area contributed by atoms with Gasteiger partial charge in [0.15, 0.2) is 0 Å². The molecule has 0 aliphatic heterocycles. The van der Waals surface area contributed by atoms with Crippen molar-refractivity contribution in [1.29, 1.82) is 0 Å². The zero-order chi connectivity index (χ0) is 4.28. The first-order valence-electron chi connectivity index (χ1n) is 1.61. The van der Waals surface area contributed by atoms with Gasteiger partial charge in [0.2, 0.25) is 0 Å². The van der Waals surface area contributed by atoms with E-state index < -0.39 is 0 Å². The predicted molar refractivity (Wildman–Crippen MR) is 30.8 cm³/mol. The number of thiol groups is 1. The minimum absolute atomic E-state index is 0.721. The second-order valence-electron chi connectivity index (χ2n) is 1.21. The van der Waals surface area contributed by atoms with E-state index in [-0.39, 0.29) is 0 Å². The topological polar surface area (TPSA) is 0 Å². The van der Waals surface area contributed by atoms with Crippen molar-refractivity contribution in [2.24, 2.45) is 0 Å². The molecular weight excluding hydrogens is 99.1 g/mol. The maximum atomic E-state index is 3.99. The van der Waals surface area contributed by atoms with Crippen LogP contribution in [0.3, 0.4) is 0 Å². The van der Waals surface area contributed by atoms with Crippen LogP contribution in [0.2, 0.25) is 0 Å². The highest BCUT2D eigenvalue weighted by Gasteiger charge is 1.74. The Morgan fingerprint density at radius 2 is 1.80 bits per heavy atom. The molecule has 0 amide bonds. The van der Waals surface area contributed by atoms with Crippen LogP contribution in [0.15, 0.2) is 0 Å². The molecule has 0 rings (SSSR count). The van der Waals surface area contributed by atoms with E-state index in [1.54, 1.807) is 0 Å². The molecule has 0 aliphatic carbocycles. The van der Waals surface area contributed by atoms with Gasteiger partial charge < -0.3 is 0 Å². The van der Waals surface area contributed by atoms with Crippen LogP contribution in [-0.4, -0.2) is 5.25 Å². The normalized spacial score (nSPS) is 9.40. The first-order chi connectivity index (χ1) is 2.27. The number of hydrogen-bond acceptors (Lipinski definition) is 0. The van der Waals surface area contributed by atoms with Gasteiger partial charge in [0, 0.05) is 0 Å². The van der Waals surface area contributed by atoms with Gasteiger partial charge in [0.05, 0.1) is 0 Å². The van der Waals surface area contributed by atoms with Gasteiger partial charge >= 0.3 is 0 Å². The Morgan fingerprint density at radius 1 is 1.60 bits per heavy atom. The molecule has 31 valence electrons. The van der Waals surface area contributed by atoms with Crippen LogP contribution in [0.1, 0.15) is 13.8 Å². The average molecular weight is 107 g/mol. The summed E-state index contributed by atoms with van der Waals surface area (Å²) in [6.07, 6.45) is 0. The average Bonchev–Trinajstić information content (AvgIpc) is 1.38. The quantitative estimate of drug-likeness (QED) is 0.381. The molecular formula is C3H8PS. The van der Waals surface area contributed by atoms with Gasteiger partial charge in [-0.25, -0.2) is 0 Å². The number of hydrogen-bond donors (Lipinski definition) is 1. The molecule has 0 heterocycles. The van der Waals surface area contributed by atoms with Crippen LogP contribution in [0, 0.1) is 0 Å². The highest BCUT2D eigenvalue weighted by Crippen LogP contribution is 1.80. The van der Waals surface area contributed by atoms with Gasteiger partial charge in [-0.1, -0.05) is 13.8 Å². The molecule has 0 nitrogen and oxygen atoms in total. The SMILES string of the molecule is CC(C)[SH]=[P]. The first kappa shape index (κ1) is 5.65. The van der Waals surface area contributed by atoms with Crippen LogP contribution < -0.4 is 0 Å². The lowest BCUT2D eigenvalue weighted by Gasteiger charge is -1.84. The molecule has 2 heteroatoms. The van der Waals surface area contributed by atoms with Gasteiger partial charge in [-0.05, 0) is 13.3 Å². The van der Waals surface area contributed by atoms with Crippen LogP contribution in [0.25, 0.3) is 0 Å². The Labute approximate surface area is 38.8 Å². The van der Waals surface area contributed by atoms with Crippen LogP contribution in [0.4, 0.5) is 0 Å². The summed E-state index contributed by atoms with van der Waals surface area (Å²) >= 11 is 0. The zero-order valence-corrected chi connectivity index (χ0v) is 5.26. The lowest BCUT2D eigenvalue weighted by molar-refractivity contribution is 1.12. The Kier molecular flexibility index (Phi) is 3.24. The first-order valence-corrected chi connectivity index (χ1v) is 3.73. The molecule has 0 fully saturated rings. The van der Waals surface area contributed by atoms with Crippen molar-refractivity contribution in [3.8, 4) is 0 Å². The summed E-state index contributed by atoms with van der Waals surface area (Å²) < 4.78 is 0. The third kappa shape index (κ3) is 4.65. The Bertz CT molecular complexity index is 33.9. The third-order valence-corrected chi connectivity index (χ3v) is 2.08. The molecule has 0 saturated carbocycles. The maximum Gasteiger partial charge on any atom is -0.00438 e. The zero-order valence-electron chi connectivity index (χ0n) is 3.47. The molecule has 0 bridgehead atoms. The lowest BCUT2D eigenvalue weighted by Crippen LogP contribution is -1.83. The minimum Gasteiger partial charge on any atom is -0.165 e. The Balaban J connectivity index is 2.83. The fraction of sp³-hybridized carbons (Fsp3) is 1.00. The summed E-state index contributed by atoms with van der Waals surface area (Å²) in [5, 5.41) is 0.721. The van der Waals surface area contributed by atoms with E-state index >= 15 is 0 Å². The molecule has 0 atom stereocenters. The molecule has 0 spiro atoms. The van der Waals surface area contributed by atoms with Crippen LogP contribution >= 0.6 is 8.02 Å². The highest BCUT2D eigenvalue weighted by atomic mass is 32.5. The molecule has 0 N–H and O–H groups in total. The van der Waals surface area contributed by atoms with E-state index in [0.717, 1.165) is 5.25 Å². The monoisotopic (exact) mass is 107 g/mol. The summed E-state index contributed by atoms with van der Waals surface area (Å²) in [5.41, 5.74) is 0. The van der Waals surface area contributed by atoms with Crippen molar-refractivity contribution < 1.29 is 0 Å². The van der Waals surface area contributed by atoms with Crippen molar-refractivity contribution in [2.45, 2.75) is 19.1 Å². The summed E-state index contributed by atoms with van der Waals surface area (Å²) in [6, 6.07) is 0. The molecule has 5 heavy (non-hydrogen) atoms. The molecule has 0 saturated heterocycles. The standard InChI is InChI=1S/C3H8PS/c1-3(2)5-4/h3,5H,1-2H3. The molecule has 0 aliphatic rings. The summed E-state index contributed by atoms with van der Waals surface area (Å²) in [7, 11) is 5.18. The van der Waals surface area contributed by atoms with E-state index in [4.69, 9.17) is 0 Å². The Morgan fingerprint density at radius 3 is 1.80 bits per heavy atom. The number of rotatable bonds is 1. The van der Waals surface area contributed by atoms with Gasteiger partial charge in [-0.15, -0.1) is 0 Å². The van der Waals surface area contributed by atoms with Crippen molar-refractivity contribution in [3.63, 3.8) is 0 Å². The third-order valence-electron chi connectivity index (χ3n) is 0.231. The van der Waals surface area contributed by atoms with Gasteiger partial charge in [-0.2, -0.15) is 10.9 Å². The van der Waals surface area contributed by atoms with Gasteiger partial charge in [-0.3, -0.25) is 0 Å². The molecule has 0 aromatic carbocycles. The van der Waals surface area contributed by atoms with Crippen LogP contribution in [-0.2, 0) is 10.9 Å². The van der Waals surface area contributed by atoms with Crippen molar-refractivity contribution in [1.82, 2.24) is 0 Å². The van der Waals surface area contributed by atoms with E-state index in [1.807, 2.05) is 0 Å². The van der Waals surface area contributed by atoms with Crippen molar-refractivity contribution in [2.75, 3.05) is 0 Å². The largest absolute Gasteiger partial charge is 0.165 e. The molecule has 0 aromatic rings. The molecule has 0 aromatic heterocycles.